The lowest BCUT2D eigenvalue weighted by Crippen LogP contribution is -2.25. The summed E-state index contributed by atoms with van der Waals surface area (Å²) < 4.78 is 45.4. The molecule has 0 bridgehead atoms. The maximum absolute atomic E-state index is 13.2. The number of aromatic nitrogens is 1. The van der Waals surface area contributed by atoms with Gasteiger partial charge in [0.25, 0.3) is 5.91 Å². The predicted octanol–water partition coefficient (Wildman–Crippen LogP) is 6.72. The van der Waals surface area contributed by atoms with E-state index < -0.39 is 23.5 Å². The fraction of sp³-hybridized carbons (Fsp3) is 0.192. The molecule has 192 valence electrons. The van der Waals surface area contributed by atoms with Crippen molar-refractivity contribution in [2.75, 3.05) is 17.2 Å². The third-order valence-corrected chi connectivity index (χ3v) is 5.12. The Morgan fingerprint density at radius 3 is 2.46 bits per heavy atom. The smallest absolute Gasteiger partial charge is 0.418 e. The van der Waals surface area contributed by atoms with E-state index >= 15 is 0 Å². The lowest BCUT2D eigenvalue weighted by atomic mass is 10.1. The van der Waals surface area contributed by atoms with Gasteiger partial charge >= 0.3 is 12.2 Å². The Morgan fingerprint density at radius 2 is 1.76 bits per heavy atom. The van der Waals surface area contributed by atoms with Gasteiger partial charge in [0.15, 0.2) is 0 Å². The van der Waals surface area contributed by atoms with Crippen molar-refractivity contribution < 1.29 is 27.5 Å². The Balaban J connectivity index is 1.57. The number of carbonyl (C=O) groups is 2. The van der Waals surface area contributed by atoms with Gasteiger partial charge in [-0.1, -0.05) is 11.6 Å². The minimum Gasteiger partial charge on any atom is -0.457 e. The number of carbonyl (C=O) groups excluding carboxylic acids is 2. The normalized spacial score (nSPS) is 10.8. The Bertz CT molecular complexity index is 1290. The molecule has 3 N–H and O–H groups in total. The molecular formula is C26H22ClF3N4O3. The first-order chi connectivity index (χ1) is 17.7. The van der Waals surface area contributed by atoms with Crippen LogP contribution >= 0.6 is 11.6 Å². The van der Waals surface area contributed by atoms with Gasteiger partial charge in [-0.2, -0.15) is 13.2 Å². The Morgan fingerprint density at radius 1 is 1.00 bits per heavy atom. The number of ether oxygens (including phenoxy) is 1. The lowest BCUT2D eigenvalue weighted by Gasteiger charge is -2.15. The van der Waals surface area contributed by atoms with Gasteiger partial charge in [0, 0.05) is 35.9 Å². The van der Waals surface area contributed by atoms with Gasteiger partial charge in [0.05, 0.1) is 11.3 Å². The second-order valence-electron chi connectivity index (χ2n) is 7.69. The SMILES string of the molecule is C#CCCCCNC(=O)c1cc(Oc2ccc(NC(=O)Nc3ccc(Cl)cc3C(F)(F)F)cc2)ccn1. The highest BCUT2D eigenvalue weighted by Gasteiger charge is 2.34. The summed E-state index contributed by atoms with van der Waals surface area (Å²) in [5, 5.41) is 7.29. The van der Waals surface area contributed by atoms with Crippen LogP contribution in [0.3, 0.4) is 0 Å². The highest BCUT2D eigenvalue weighted by molar-refractivity contribution is 6.30. The Hall–Kier alpha value is -4.23. The minimum atomic E-state index is -4.69. The number of nitrogens with one attached hydrogen (secondary N) is 3. The van der Waals surface area contributed by atoms with Crippen LogP contribution in [0, 0.1) is 12.3 Å². The van der Waals surface area contributed by atoms with Crippen molar-refractivity contribution in [3.05, 3.63) is 77.1 Å². The van der Waals surface area contributed by atoms with Gasteiger partial charge in [-0.15, -0.1) is 12.3 Å². The summed E-state index contributed by atoms with van der Waals surface area (Å²) in [5.41, 5.74) is -0.996. The molecule has 0 fully saturated rings. The van der Waals surface area contributed by atoms with Crippen molar-refractivity contribution in [2.45, 2.75) is 25.4 Å². The van der Waals surface area contributed by atoms with Crippen molar-refractivity contribution in [1.82, 2.24) is 10.3 Å². The number of nitrogens with zero attached hydrogens (tertiary/aromatic N) is 1. The molecule has 0 unspecified atom stereocenters. The summed E-state index contributed by atoms with van der Waals surface area (Å²) in [6.07, 6.45) is 4.17. The third-order valence-electron chi connectivity index (χ3n) is 4.88. The number of unbranched alkanes of at least 4 members (excludes halogenated alkanes) is 2. The molecule has 7 nitrogen and oxygen atoms in total. The van der Waals surface area contributed by atoms with Crippen molar-refractivity contribution in [3.63, 3.8) is 0 Å². The second kappa shape index (κ2) is 12.6. The van der Waals surface area contributed by atoms with Crippen molar-refractivity contribution in [3.8, 4) is 23.8 Å². The summed E-state index contributed by atoms with van der Waals surface area (Å²) in [6.45, 7) is 0.477. The second-order valence-corrected chi connectivity index (χ2v) is 8.12. The topological polar surface area (TPSA) is 92.4 Å². The molecular weight excluding hydrogens is 509 g/mol. The van der Waals surface area contributed by atoms with Gasteiger partial charge < -0.3 is 20.7 Å². The lowest BCUT2D eigenvalue weighted by molar-refractivity contribution is -0.136. The van der Waals surface area contributed by atoms with Crippen LogP contribution in [0.2, 0.25) is 5.02 Å². The van der Waals surface area contributed by atoms with Crippen molar-refractivity contribution in [1.29, 1.82) is 0 Å². The van der Waals surface area contributed by atoms with E-state index in [2.05, 4.69) is 26.9 Å². The quantitative estimate of drug-likeness (QED) is 0.211. The maximum atomic E-state index is 13.2. The molecule has 11 heteroatoms. The number of halogens is 4. The van der Waals surface area contributed by atoms with Crippen LogP contribution in [0.25, 0.3) is 0 Å². The molecule has 2 aromatic carbocycles. The predicted molar refractivity (Wildman–Crippen MR) is 135 cm³/mol. The van der Waals surface area contributed by atoms with Gasteiger partial charge in [-0.05, 0) is 61.4 Å². The minimum absolute atomic E-state index is 0.105. The first-order valence-electron chi connectivity index (χ1n) is 11.1. The number of urea groups is 1. The summed E-state index contributed by atoms with van der Waals surface area (Å²) in [4.78, 5) is 28.6. The molecule has 1 heterocycles. The van der Waals surface area contributed by atoms with E-state index in [1.165, 1.54) is 30.5 Å². The van der Waals surface area contributed by atoms with E-state index in [4.69, 9.17) is 22.8 Å². The Kier molecular flexibility index (Phi) is 9.35. The zero-order chi connectivity index (χ0) is 26.8. The largest absolute Gasteiger partial charge is 0.457 e. The molecule has 3 rings (SSSR count). The fourth-order valence-corrected chi connectivity index (χ4v) is 3.30. The Labute approximate surface area is 216 Å². The molecule has 37 heavy (non-hydrogen) atoms. The van der Waals surface area contributed by atoms with Crippen molar-refractivity contribution >= 4 is 34.9 Å². The number of hydrogen-bond donors (Lipinski definition) is 3. The molecule has 0 saturated heterocycles. The van der Waals surface area contributed by atoms with Crippen LogP contribution in [0.4, 0.5) is 29.3 Å². The average molecular weight is 531 g/mol. The molecule has 0 aliphatic carbocycles. The first-order valence-corrected chi connectivity index (χ1v) is 11.4. The molecule has 0 spiro atoms. The van der Waals surface area contributed by atoms with Crippen LogP contribution < -0.4 is 20.7 Å². The summed E-state index contributed by atoms with van der Waals surface area (Å²) in [7, 11) is 0. The van der Waals surface area contributed by atoms with Gasteiger partial charge in [-0.25, -0.2) is 4.79 Å². The van der Waals surface area contributed by atoms with E-state index in [-0.39, 0.29) is 16.6 Å². The van der Waals surface area contributed by atoms with E-state index in [1.54, 1.807) is 18.2 Å². The summed E-state index contributed by atoms with van der Waals surface area (Å²) in [5.74, 6) is 2.97. The average Bonchev–Trinajstić information content (AvgIpc) is 2.85. The number of anilines is 2. The number of pyridine rings is 1. The van der Waals surface area contributed by atoms with Crippen LogP contribution in [-0.4, -0.2) is 23.5 Å². The number of benzene rings is 2. The van der Waals surface area contributed by atoms with Gasteiger partial charge in [0.1, 0.15) is 17.2 Å². The van der Waals surface area contributed by atoms with Gasteiger partial charge in [-0.3, -0.25) is 9.78 Å². The molecule has 0 atom stereocenters. The van der Waals surface area contributed by atoms with Crippen LogP contribution in [0.5, 0.6) is 11.5 Å². The van der Waals surface area contributed by atoms with Crippen LogP contribution in [-0.2, 0) is 6.18 Å². The molecule has 0 saturated carbocycles. The van der Waals surface area contributed by atoms with Crippen LogP contribution in [0.15, 0.2) is 60.8 Å². The first kappa shape index (κ1) is 27.4. The third kappa shape index (κ3) is 8.44. The van der Waals surface area contributed by atoms with Crippen LogP contribution in [0.1, 0.15) is 35.3 Å². The molecule has 1 aromatic heterocycles. The molecule has 0 radical (unpaired) electrons. The molecule has 3 aromatic rings. The standard InChI is InChI=1S/C26H22ClF3N4O3/c1-2-3-4-5-13-32-24(35)23-16-20(12-14-31-23)37-19-9-7-18(8-10-19)33-25(36)34-22-11-6-17(27)15-21(22)26(28,29)30/h1,6-12,14-16H,3-5,13H2,(H,32,35)(H2,33,34,36). The number of alkyl halides is 3. The monoisotopic (exact) mass is 530 g/mol. The highest BCUT2D eigenvalue weighted by Crippen LogP contribution is 2.36. The molecule has 0 aliphatic heterocycles. The number of terminal acetylenes is 1. The maximum Gasteiger partial charge on any atom is 0.418 e. The number of hydrogen-bond acceptors (Lipinski definition) is 4. The van der Waals surface area contributed by atoms with E-state index in [0.717, 1.165) is 25.0 Å². The van der Waals surface area contributed by atoms with E-state index in [9.17, 15) is 22.8 Å². The number of rotatable bonds is 9. The van der Waals surface area contributed by atoms with Gasteiger partial charge in [0.2, 0.25) is 0 Å². The molecule has 0 aliphatic rings. The highest BCUT2D eigenvalue weighted by atomic mass is 35.5. The fourth-order valence-electron chi connectivity index (χ4n) is 3.13. The zero-order valence-corrected chi connectivity index (χ0v) is 20.1. The van der Waals surface area contributed by atoms with Crippen molar-refractivity contribution in [2.24, 2.45) is 0 Å². The number of amides is 3. The summed E-state index contributed by atoms with van der Waals surface area (Å²) >= 11 is 5.65. The zero-order valence-electron chi connectivity index (χ0n) is 19.4. The van der Waals surface area contributed by atoms with E-state index in [1.807, 2.05) is 0 Å². The summed E-state index contributed by atoms with van der Waals surface area (Å²) in [6, 6.07) is 11.4. The molecule has 3 amide bonds. The van der Waals surface area contributed by atoms with E-state index in [0.29, 0.717) is 30.2 Å².